The Kier molecular flexibility index (Phi) is 6.24. The van der Waals surface area contributed by atoms with Crippen LogP contribution >= 0.6 is 0 Å². The maximum atomic E-state index is 10.7. The predicted molar refractivity (Wildman–Crippen MR) is 112 cm³/mol. The van der Waals surface area contributed by atoms with Gasteiger partial charge in [0.25, 0.3) is 0 Å². The molecule has 1 aromatic carbocycles. The number of benzene rings is 1. The van der Waals surface area contributed by atoms with Crippen molar-refractivity contribution in [1.29, 1.82) is 0 Å². The molecule has 1 saturated heterocycles. The summed E-state index contributed by atoms with van der Waals surface area (Å²) in [6, 6.07) is 8.32. The van der Waals surface area contributed by atoms with Gasteiger partial charge in [-0.05, 0) is 62.8 Å². The number of aromatic nitrogens is 1. The van der Waals surface area contributed by atoms with Crippen LogP contribution < -0.4 is 4.74 Å². The molecule has 154 valence electrons. The molecular formula is C23H34N2O3. The van der Waals surface area contributed by atoms with E-state index in [4.69, 9.17) is 4.74 Å². The van der Waals surface area contributed by atoms with E-state index in [0.717, 1.165) is 48.9 Å². The summed E-state index contributed by atoms with van der Waals surface area (Å²) >= 11 is 0. The lowest BCUT2D eigenvalue weighted by atomic mass is 9.74. The van der Waals surface area contributed by atoms with Crippen LogP contribution in [0, 0.1) is 11.8 Å². The number of aromatic amines is 1. The molecule has 2 fully saturated rings. The smallest absolute Gasteiger partial charge is 0.128 e. The molecular weight excluding hydrogens is 352 g/mol. The van der Waals surface area contributed by atoms with Crippen LogP contribution in [0.2, 0.25) is 0 Å². The van der Waals surface area contributed by atoms with Crippen LogP contribution in [0.25, 0.3) is 10.9 Å². The standard InChI is InChI=1S/C23H34N2O3/c1-16-8-9-22(27)19(13-16)21-6-2-3-12-25(21)14-17(26)15-28-23-7-4-5-20-18(23)10-11-24-20/h4-5,7,10-11,16-17,19,21-22,24,26-27H,2-3,6,8-9,12-15H2,1H3. The molecule has 5 nitrogen and oxygen atoms in total. The van der Waals surface area contributed by atoms with Gasteiger partial charge in [-0.25, -0.2) is 0 Å². The number of hydrogen-bond donors (Lipinski definition) is 3. The van der Waals surface area contributed by atoms with Crippen molar-refractivity contribution in [2.24, 2.45) is 11.8 Å². The van der Waals surface area contributed by atoms with Crippen LogP contribution in [0.15, 0.2) is 30.5 Å². The Morgan fingerprint density at radius 2 is 2.11 bits per heavy atom. The fraction of sp³-hybridized carbons (Fsp3) is 0.652. The second kappa shape index (κ2) is 8.85. The summed E-state index contributed by atoms with van der Waals surface area (Å²) in [6.07, 6.45) is 7.85. The number of β-amino-alcohol motifs (C(OH)–C–C–N with tert-alkyl or cyclic N) is 1. The molecule has 1 aromatic heterocycles. The monoisotopic (exact) mass is 386 g/mol. The molecule has 0 bridgehead atoms. The van der Waals surface area contributed by atoms with E-state index in [-0.39, 0.29) is 12.7 Å². The van der Waals surface area contributed by atoms with Crippen molar-refractivity contribution in [3.05, 3.63) is 30.5 Å². The van der Waals surface area contributed by atoms with Crippen molar-refractivity contribution in [2.75, 3.05) is 19.7 Å². The third-order valence-corrected chi connectivity index (χ3v) is 6.71. The Morgan fingerprint density at radius 3 is 3.00 bits per heavy atom. The molecule has 4 rings (SSSR count). The van der Waals surface area contributed by atoms with E-state index in [0.29, 0.717) is 24.4 Å². The van der Waals surface area contributed by atoms with Gasteiger partial charge in [-0.3, -0.25) is 4.90 Å². The van der Waals surface area contributed by atoms with E-state index in [9.17, 15) is 10.2 Å². The van der Waals surface area contributed by atoms with Crippen molar-refractivity contribution in [2.45, 2.75) is 63.7 Å². The van der Waals surface area contributed by atoms with Crippen molar-refractivity contribution in [3.63, 3.8) is 0 Å². The second-order valence-corrected chi connectivity index (χ2v) is 8.87. The highest BCUT2D eigenvalue weighted by Gasteiger charge is 2.37. The first-order chi connectivity index (χ1) is 13.6. The van der Waals surface area contributed by atoms with Crippen LogP contribution in [0.1, 0.15) is 45.4 Å². The topological polar surface area (TPSA) is 68.7 Å². The van der Waals surface area contributed by atoms with Crippen molar-refractivity contribution in [1.82, 2.24) is 9.88 Å². The zero-order valence-electron chi connectivity index (χ0n) is 16.9. The Bertz CT molecular complexity index is 761. The van der Waals surface area contributed by atoms with Crippen molar-refractivity contribution >= 4 is 10.9 Å². The average molecular weight is 387 g/mol. The van der Waals surface area contributed by atoms with E-state index in [1.165, 1.54) is 12.8 Å². The van der Waals surface area contributed by atoms with Gasteiger partial charge in [-0.2, -0.15) is 0 Å². The number of nitrogens with zero attached hydrogens (tertiary/aromatic N) is 1. The molecule has 28 heavy (non-hydrogen) atoms. The second-order valence-electron chi connectivity index (χ2n) is 8.87. The number of hydrogen-bond acceptors (Lipinski definition) is 4. The maximum absolute atomic E-state index is 10.7. The normalized spacial score (nSPS) is 30.4. The lowest BCUT2D eigenvalue weighted by Gasteiger charge is -2.45. The van der Waals surface area contributed by atoms with Crippen molar-refractivity contribution < 1.29 is 14.9 Å². The fourth-order valence-corrected chi connectivity index (χ4v) is 5.24. The Morgan fingerprint density at radius 1 is 1.21 bits per heavy atom. The number of aliphatic hydroxyl groups excluding tert-OH is 2. The third-order valence-electron chi connectivity index (χ3n) is 6.71. The summed E-state index contributed by atoms with van der Waals surface area (Å²) < 4.78 is 5.95. The molecule has 5 atom stereocenters. The minimum Gasteiger partial charge on any atom is -0.490 e. The van der Waals surface area contributed by atoms with Gasteiger partial charge < -0.3 is 19.9 Å². The summed E-state index contributed by atoms with van der Waals surface area (Å²) in [5, 5.41) is 22.3. The molecule has 2 aromatic rings. The van der Waals surface area contributed by atoms with Crippen LogP contribution in [-0.4, -0.2) is 58.0 Å². The number of likely N-dealkylation sites (tertiary alicyclic amines) is 1. The number of nitrogens with one attached hydrogen (secondary N) is 1. The summed E-state index contributed by atoms with van der Waals surface area (Å²) in [4.78, 5) is 5.61. The number of rotatable bonds is 6. The molecule has 1 aliphatic carbocycles. The highest BCUT2D eigenvalue weighted by atomic mass is 16.5. The van der Waals surface area contributed by atoms with E-state index in [2.05, 4.69) is 16.8 Å². The van der Waals surface area contributed by atoms with E-state index in [1.54, 1.807) is 0 Å². The maximum Gasteiger partial charge on any atom is 0.128 e. The van der Waals surface area contributed by atoms with Gasteiger partial charge in [-0.1, -0.05) is 19.4 Å². The van der Waals surface area contributed by atoms with Crippen LogP contribution in [-0.2, 0) is 0 Å². The minimum atomic E-state index is -0.534. The molecule has 0 radical (unpaired) electrons. The van der Waals surface area contributed by atoms with Gasteiger partial charge in [0.15, 0.2) is 0 Å². The summed E-state index contributed by atoms with van der Waals surface area (Å²) in [5.74, 6) is 1.84. The van der Waals surface area contributed by atoms with Gasteiger partial charge in [0.05, 0.1) is 6.10 Å². The molecule has 0 spiro atoms. The average Bonchev–Trinajstić information content (AvgIpc) is 3.18. The van der Waals surface area contributed by atoms with Crippen LogP contribution in [0.5, 0.6) is 5.75 Å². The zero-order valence-corrected chi connectivity index (χ0v) is 16.9. The van der Waals surface area contributed by atoms with Gasteiger partial charge in [0, 0.05) is 35.6 Å². The van der Waals surface area contributed by atoms with E-state index in [1.807, 2.05) is 30.5 Å². The SMILES string of the molecule is CC1CCC(O)C(C2CCCCN2CC(O)COc2cccc3[nH]ccc23)C1. The Labute approximate surface area is 167 Å². The highest BCUT2D eigenvalue weighted by molar-refractivity contribution is 5.85. The van der Waals surface area contributed by atoms with Crippen molar-refractivity contribution in [3.8, 4) is 5.75 Å². The quantitative estimate of drug-likeness (QED) is 0.710. The van der Waals surface area contributed by atoms with Crippen LogP contribution in [0.3, 0.4) is 0 Å². The largest absolute Gasteiger partial charge is 0.490 e. The fourth-order valence-electron chi connectivity index (χ4n) is 5.24. The molecule has 1 aliphatic heterocycles. The van der Waals surface area contributed by atoms with Gasteiger partial charge in [-0.15, -0.1) is 0 Å². The van der Waals surface area contributed by atoms with Gasteiger partial charge >= 0.3 is 0 Å². The van der Waals surface area contributed by atoms with Gasteiger partial charge in [0.1, 0.15) is 18.5 Å². The number of ether oxygens (including phenoxy) is 1. The lowest BCUT2D eigenvalue weighted by molar-refractivity contribution is -0.0348. The first kappa shape index (κ1) is 19.7. The molecule has 0 amide bonds. The lowest BCUT2D eigenvalue weighted by Crippen LogP contribution is -2.52. The number of H-pyrrole nitrogens is 1. The first-order valence-corrected chi connectivity index (χ1v) is 10.9. The molecule has 3 N–H and O–H groups in total. The zero-order chi connectivity index (χ0) is 19.5. The number of piperidine rings is 1. The molecule has 5 unspecified atom stereocenters. The molecule has 2 aliphatic rings. The number of aliphatic hydroxyl groups is 2. The summed E-state index contributed by atoms with van der Waals surface area (Å²) in [6.45, 7) is 4.21. The minimum absolute atomic E-state index is 0.193. The third kappa shape index (κ3) is 4.37. The van der Waals surface area contributed by atoms with Gasteiger partial charge in [0.2, 0.25) is 0 Å². The number of fused-ring (bicyclic) bond motifs is 1. The summed E-state index contributed by atoms with van der Waals surface area (Å²) in [7, 11) is 0. The first-order valence-electron chi connectivity index (χ1n) is 10.9. The molecule has 1 saturated carbocycles. The predicted octanol–water partition coefficient (Wildman–Crippen LogP) is 3.56. The van der Waals surface area contributed by atoms with E-state index >= 15 is 0 Å². The summed E-state index contributed by atoms with van der Waals surface area (Å²) in [5.41, 5.74) is 1.04. The highest BCUT2D eigenvalue weighted by Crippen LogP contribution is 2.36. The Hall–Kier alpha value is -1.56. The Balaban J connectivity index is 1.36. The van der Waals surface area contributed by atoms with Crippen LogP contribution in [0.4, 0.5) is 0 Å². The molecule has 2 heterocycles. The van der Waals surface area contributed by atoms with E-state index < -0.39 is 6.10 Å². The molecule has 5 heteroatoms.